The van der Waals surface area contributed by atoms with Crippen molar-refractivity contribution in [2.45, 2.75) is 13.8 Å². The van der Waals surface area contributed by atoms with Gasteiger partial charge in [-0.05, 0) is 49.2 Å². The van der Waals surface area contributed by atoms with Crippen LogP contribution in [0.1, 0.15) is 11.1 Å². The fraction of sp³-hybridized carbons (Fsp3) is 0.188. The summed E-state index contributed by atoms with van der Waals surface area (Å²) >= 11 is 12.0. The molecule has 0 fully saturated rings. The Balaban J connectivity index is 1.99. The highest BCUT2D eigenvalue weighted by molar-refractivity contribution is 6.39. The van der Waals surface area contributed by atoms with Crippen molar-refractivity contribution < 1.29 is 9.53 Å². The zero-order valence-electron chi connectivity index (χ0n) is 11.7. The van der Waals surface area contributed by atoms with E-state index in [0.717, 1.165) is 11.1 Å². The first-order valence-electron chi connectivity index (χ1n) is 6.40. The molecule has 0 radical (unpaired) electrons. The van der Waals surface area contributed by atoms with Gasteiger partial charge in [-0.2, -0.15) is 0 Å². The highest BCUT2D eigenvalue weighted by atomic mass is 35.5. The summed E-state index contributed by atoms with van der Waals surface area (Å²) in [6, 6.07) is 10.8. The summed E-state index contributed by atoms with van der Waals surface area (Å²) in [7, 11) is 0. The van der Waals surface area contributed by atoms with Gasteiger partial charge in [-0.15, -0.1) is 0 Å². The largest absolute Gasteiger partial charge is 0.484 e. The lowest BCUT2D eigenvalue weighted by molar-refractivity contribution is -0.118. The number of carbonyl (C=O) groups excluding carboxylic acids is 1. The number of benzene rings is 2. The molecule has 0 atom stereocenters. The number of rotatable bonds is 4. The van der Waals surface area contributed by atoms with Gasteiger partial charge in [0.05, 0.1) is 15.7 Å². The van der Waals surface area contributed by atoms with E-state index in [1.165, 1.54) is 0 Å². The fourth-order valence-corrected chi connectivity index (χ4v) is 2.45. The molecule has 0 aromatic heterocycles. The SMILES string of the molecule is Cc1cc(C)cc(OCC(=O)Nc2c(Cl)cccc2Cl)c1. The Hall–Kier alpha value is -1.71. The summed E-state index contributed by atoms with van der Waals surface area (Å²) in [5.41, 5.74) is 2.56. The molecule has 2 aromatic carbocycles. The van der Waals surface area contributed by atoms with E-state index in [-0.39, 0.29) is 12.5 Å². The summed E-state index contributed by atoms with van der Waals surface area (Å²) in [5.74, 6) is 0.345. The Morgan fingerprint density at radius 1 is 1.10 bits per heavy atom. The topological polar surface area (TPSA) is 38.3 Å². The van der Waals surface area contributed by atoms with Crippen LogP contribution in [0.2, 0.25) is 10.0 Å². The van der Waals surface area contributed by atoms with Crippen LogP contribution in [-0.2, 0) is 4.79 Å². The summed E-state index contributed by atoms with van der Waals surface area (Å²) in [5, 5.41) is 3.43. The van der Waals surface area contributed by atoms with Crippen LogP contribution in [0.25, 0.3) is 0 Å². The number of hydrogen-bond acceptors (Lipinski definition) is 2. The van der Waals surface area contributed by atoms with Crippen molar-refractivity contribution in [2.24, 2.45) is 0 Å². The number of carbonyl (C=O) groups is 1. The minimum absolute atomic E-state index is 0.107. The highest BCUT2D eigenvalue weighted by Gasteiger charge is 2.10. The van der Waals surface area contributed by atoms with E-state index in [2.05, 4.69) is 5.32 Å². The molecular weight excluding hydrogens is 309 g/mol. The van der Waals surface area contributed by atoms with Gasteiger partial charge in [0.25, 0.3) is 5.91 Å². The number of nitrogens with one attached hydrogen (secondary N) is 1. The number of aryl methyl sites for hydroxylation is 2. The Kier molecular flexibility index (Phi) is 5.10. The van der Waals surface area contributed by atoms with E-state index in [1.54, 1.807) is 18.2 Å². The van der Waals surface area contributed by atoms with Crippen molar-refractivity contribution >= 4 is 34.8 Å². The van der Waals surface area contributed by atoms with Crippen molar-refractivity contribution in [3.8, 4) is 5.75 Å². The van der Waals surface area contributed by atoms with Crippen molar-refractivity contribution in [1.29, 1.82) is 0 Å². The number of hydrogen-bond donors (Lipinski definition) is 1. The lowest BCUT2D eigenvalue weighted by atomic mass is 10.1. The molecule has 0 spiro atoms. The number of halogens is 2. The van der Waals surface area contributed by atoms with Crippen LogP contribution in [0.15, 0.2) is 36.4 Å². The molecule has 110 valence electrons. The van der Waals surface area contributed by atoms with Crippen molar-refractivity contribution in [1.82, 2.24) is 0 Å². The van der Waals surface area contributed by atoms with Crippen LogP contribution in [0, 0.1) is 13.8 Å². The Labute approximate surface area is 133 Å². The predicted octanol–water partition coefficient (Wildman–Crippen LogP) is 4.63. The molecule has 0 heterocycles. The van der Waals surface area contributed by atoms with E-state index >= 15 is 0 Å². The van der Waals surface area contributed by atoms with Gasteiger partial charge in [0, 0.05) is 0 Å². The number of ether oxygens (including phenoxy) is 1. The lowest BCUT2D eigenvalue weighted by Gasteiger charge is -2.11. The summed E-state index contributed by atoms with van der Waals surface area (Å²) < 4.78 is 5.48. The molecule has 0 aliphatic rings. The molecule has 0 saturated carbocycles. The molecule has 21 heavy (non-hydrogen) atoms. The summed E-state index contributed by atoms with van der Waals surface area (Å²) in [6.45, 7) is 3.84. The van der Waals surface area contributed by atoms with E-state index in [4.69, 9.17) is 27.9 Å². The second-order valence-corrected chi connectivity index (χ2v) is 5.57. The second-order valence-electron chi connectivity index (χ2n) is 4.76. The first kappa shape index (κ1) is 15.7. The third-order valence-corrected chi connectivity index (χ3v) is 3.42. The van der Waals surface area contributed by atoms with Gasteiger partial charge < -0.3 is 10.1 Å². The Morgan fingerprint density at radius 3 is 2.24 bits per heavy atom. The van der Waals surface area contributed by atoms with Gasteiger partial charge >= 0.3 is 0 Å². The average molecular weight is 324 g/mol. The van der Waals surface area contributed by atoms with Gasteiger partial charge in [0.1, 0.15) is 5.75 Å². The van der Waals surface area contributed by atoms with Crippen molar-refractivity contribution in [3.05, 3.63) is 57.6 Å². The molecule has 0 saturated heterocycles. The van der Waals surface area contributed by atoms with E-state index < -0.39 is 0 Å². The van der Waals surface area contributed by atoms with E-state index in [0.29, 0.717) is 21.5 Å². The van der Waals surface area contributed by atoms with Gasteiger partial charge in [0.15, 0.2) is 6.61 Å². The Bertz CT molecular complexity index is 631. The number of amides is 1. The average Bonchev–Trinajstić information content (AvgIpc) is 2.40. The monoisotopic (exact) mass is 323 g/mol. The summed E-state index contributed by atoms with van der Waals surface area (Å²) in [6.07, 6.45) is 0. The molecule has 3 nitrogen and oxygen atoms in total. The van der Waals surface area contributed by atoms with E-state index in [9.17, 15) is 4.79 Å². The first-order valence-corrected chi connectivity index (χ1v) is 7.16. The molecular formula is C16H15Cl2NO2. The van der Waals surface area contributed by atoms with Crippen LogP contribution >= 0.6 is 23.2 Å². The molecule has 5 heteroatoms. The normalized spacial score (nSPS) is 10.3. The maximum Gasteiger partial charge on any atom is 0.262 e. The second kappa shape index (κ2) is 6.83. The lowest BCUT2D eigenvalue weighted by Crippen LogP contribution is -2.20. The maximum absolute atomic E-state index is 11.9. The van der Waals surface area contributed by atoms with Crippen molar-refractivity contribution in [3.63, 3.8) is 0 Å². The van der Waals surface area contributed by atoms with Gasteiger partial charge in [-0.25, -0.2) is 0 Å². The smallest absolute Gasteiger partial charge is 0.262 e. The molecule has 2 aromatic rings. The van der Waals surface area contributed by atoms with Gasteiger partial charge in [-0.3, -0.25) is 4.79 Å². The van der Waals surface area contributed by atoms with Gasteiger partial charge in [0.2, 0.25) is 0 Å². The zero-order chi connectivity index (χ0) is 15.4. The van der Waals surface area contributed by atoms with E-state index in [1.807, 2.05) is 32.0 Å². The van der Waals surface area contributed by atoms with Gasteiger partial charge in [-0.1, -0.05) is 35.3 Å². The standard InChI is InChI=1S/C16H15Cl2NO2/c1-10-6-11(2)8-12(7-10)21-9-15(20)19-16-13(17)4-3-5-14(16)18/h3-8H,9H2,1-2H3,(H,19,20). The zero-order valence-corrected chi connectivity index (χ0v) is 13.3. The van der Waals surface area contributed by atoms with Crippen LogP contribution < -0.4 is 10.1 Å². The minimum atomic E-state index is -0.316. The first-order chi connectivity index (χ1) is 9.95. The fourth-order valence-electron chi connectivity index (χ4n) is 1.96. The van der Waals surface area contributed by atoms with Crippen LogP contribution in [0.3, 0.4) is 0 Å². The maximum atomic E-state index is 11.9. The number of para-hydroxylation sites is 1. The van der Waals surface area contributed by atoms with Crippen LogP contribution in [0.4, 0.5) is 5.69 Å². The minimum Gasteiger partial charge on any atom is -0.484 e. The molecule has 0 bridgehead atoms. The third kappa shape index (κ3) is 4.38. The van der Waals surface area contributed by atoms with Crippen LogP contribution in [-0.4, -0.2) is 12.5 Å². The quantitative estimate of drug-likeness (QED) is 0.890. The predicted molar refractivity (Wildman–Crippen MR) is 86.5 cm³/mol. The molecule has 2 rings (SSSR count). The molecule has 0 aliphatic heterocycles. The van der Waals surface area contributed by atoms with Crippen molar-refractivity contribution in [2.75, 3.05) is 11.9 Å². The molecule has 1 amide bonds. The molecule has 0 aliphatic carbocycles. The Morgan fingerprint density at radius 2 is 1.67 bits per heavy atom. The highest BCUT2D eigenvalue weighted by Crippen LogP contribution is 2.29. The molecule has 1 N–H and O–H groups in total. The van der Waals surface area contributed by atoms with Crippen LogP contribution in [0.5, 0.6) is 5.75 Å². The summed E-state index contributed by atoms with van der Waals surface area (Å²) in [4.78, 5) is 11.9. The number of anilines is 1. The third-order valence-electron chi connectivity index (χ3n) is 2.79. The molecule has 0 unspecified atom stereocenters.